The minimum absolute atomic E-state index is 0.0547. The van der Waals surface area contributed by atoms with Crippen molar-refractivity contribution in [3.63, 3.8) is 0 Å². The third-order valence-corrected chi connectivity index (χ3v) is 4.44. The predicted octanol–water partition coefficient (Wildman–Crippen LogP) is 2.53. The number of guanidine groups is 1. The molecule has 0 unspecified atom stereocenters. The molecular weight excluding hydrogens is 328 g/mol. The van der Waals surface area contributed by atoms with Crippen LogP contribution in [-0.4, -0.2) is 63.8 Å². The lowest BCUT2D eigenvalue weighted by Crippen LogP contribution is -2.51. The largest absolute Gasteiger partial charge is 0.490 e. The van der Waals surface area contributed by atoms with E-state index in [4.69, 9.17) is 9.47 Å². The molecule has 26 heavy (non-hydrogen) atoms. The van der Waals surface area contributed by atoms with Gasteiger partial charge in [0.05, 0.1) is 13.2 Å². The highest BCUT2D eigenvalue weighted by molar-refractivity contribution is 5.79. The van der Waals surface area contributed by atoms with Gasteiger partial charge < -0.3 is 25.0 Å². The lowest BCUT2D eigenvalue weighted by molar-refractivity contribution is 0.197. The molecule has 0 aliphatic carbocycles. The van der Waals surface area contributed by atoms with Crippen molar-refractivity contribution in [3.05, 3.63) is 23.8 Å². The average Bonchev–Trinajstić information content (AvgIpc) is 2.60. The van der Waals surface area contributed by atoms with Crippen LogP contribution in [0.25, 0.3) is 0 Å². The topological polar surface area (TPSA) is 58.1 Å². The summed E-state index contributed by atoms with van der Waals surface area (Å²) in [6.07, 6.45) is 0.879. The van der Waals surface area contributed by atoms with E-state index in [0.717, 1.165) is 37.0 Å². The zero-order valence-electron chi connectivity index (χ0n) is 17.5. The molecule has 1 aromatic carbocycles. The fourth-order valence-corrected chi connectivity index (χ4v) is 2.26. The maximum atomic E-state index is 5.69. The number of nitrogens with one attached hydrogen (secondary N) is 2. The van der Waals surface area contributed by atoms with Crippen molar-refractivity contribution in [2.75, 3.05) is 47.4 Å². The molecule has 0 radical (unpaired) electrons. The second-order valence-electron chi connectivity index (χ2n) is 6.96. The van der Waals surface area contributed by atoms with Gasteiger partial charge in [0.15, 0.2) is 17.5 Å². The van der Waals surface area contributed by atoms with Crippen molar-refractivity contribution < 1.29 is 9.47 Å². The molecule has 0 amide bonds. The predicted molar refractivity (Wildman–Crippen MR) is 110 cm³/mol. The number of benzene rings is 1. The summed E-state index contributed by atoms with van der Waals surface area (Å²) in [6.45, 7) is 11.2. The van der Waals surface area contributed by atoms with Crippen LogP contribution >= 0.6 is 0 Å². The van der Waals surface area contributed by atoms with E-state index in [1.54, 1.807) is 7.05 Å². The van der Waals surface area contributed by atoms with Crippen LogP contribution in [0.5, 0.6) is 11.5 Å². The van der Waals surface area contributed by atoms with E-state index in [0.29, 0.717) is 13.2 Å². The highest BCUT2D eigenvalue weighted by atomic mass is 16.5. The first kappa shape index (κ1) is 22.1. The first-order chi connectivity index (χ1) is 12.3. The molecule has 0 saturated heterocycles. The molecule has 1 aromatic rings. The second kappa shape index (κ2) is 10.9. The monoisotopic (exact) mass is 364 g/mol. The Morgan fingerprint density at radius 2 is 1.73 bits per heavy atom. The average molecular weight is 365 g/mol. The Morgan fingerprint density at radius 3 is 2.31 bits per heavy atom. The Hall–Kier alpha value is -1.95. The van der Waals surface area contributed by atoms with Gasteiger partial charge in [0.1, 0.15) is 0 Å². The Morgan fingerprint density at radius 1 is 1.08 bits per heavy atom. The zero-order chi connectivity index (χ0) is 19.6. The van der Waals surface area contributed by atoms with Crippen molar-refractivity contribution in [1.82, 2.24) is 15.5 Å². The van der Waals surface area contributed by atoms with Gasteiger partial charge in [-0.3, -0.25) is 4.99 Å². The van der Waals surface area contributed by atoms with Gasteiger partial charge in [-0.05, 0) is 65.9 Å². The molecule has 0 heterocycles. The van der Waals surface area contributed by atoms with Crippen LogP contribution in [0.4, 0.5) is 0 Å². The highest BCUT2D eigenvalue weighted by Gasteiger charge is 2.20. The van der Waals surface area contributed by atoms with E-state index in [9.17, 15) is 0 Å². The zero-order valence-corrected chi connectivity index (χ0v) is 17.5. The molecule has 0 aliphatic rings. The third kappa shape index (κ3) is 7.12. The van der Waals surface area contributed by atoms with Crippen molar-refractivity contribution in [2.45, 2.75) is 39.7 Å². The number of rotatable bonds is 10. The van der Waals surface area contributed by atoms with Gasteiger partial charge in [0, 0.05) is 25.7 Å². The van der Waals surface area contributed by atoms with Gasteiger partial charge in [-0.25, -0.2) is 0 Å². The van der Waals surface area contributed by atoms with Crippen LogP contribution in [0, 0.1) is 0 Å². The molecule has 148 valence electrons. The Bertz CT molecular complexity index is 571. The number of aliphatic imine (C=N–C) groups is 1. The van der Waals surface area contributed by atoms with Crippen LogP contribution in [-0.2, 0) is 6.42 Å². The summed E-state index contributed by atoms with van der Waals surface area (Å²) in [6, 6.07) is 6.12. The third-order valence-electron chi connectivity index (χ3n) is 4.44. The number of hydrogen-bond donors (Lipinski definition) is 2. The minimum atomic E-state index is 0.0547. The second-order valence-corrected chi connectivity index (χ2v) is 6.96. The number of hydrogen-bond acceptors (Lipinski definition) is 4. The van der Waals surface area contributed by atoms with Gasteiger partial charge in [0.2, 0.25) is 0 Å². The fourth-order valence-electron chi connectivity index (χ4n) is 2.26. The number of likely N-dealkylation sites (N-methyl/N-ethyl adjacent to an activating group) is 1. The van der Waals surface area contributed by atoms with E-state index in [1.165, 1.54) is 5.56 Å². The maximum absolute atomic E-state index is 5.69. The maximum Gasteiger partial charge on any atom is 0.191 e. The van der Waals surface area contributed by atoms with E-state index >= 15 is 0 Å². The van der Waals surface area contributed by atoms with Gasteiger partial charge >= 0.3 is 0 Å². The van der Waals surface area contributed by atoms with Crippen LogP contribution in [0.1, 0.15) is 33.3 Å². The Kier molecular flexibility index (Phi) is 9.27. The van der Waals surface area contributed by atoms with Crippen LogP contribution in [0.15, 0.2) is 23.2 Å². The fraction of sp³-hybridized carbons (Fsp3) is 0.650. The molecule has 0 fully saturated rings. The van der Waals surface area contributed by atoms with Gasteiger partial charge in [-0.15, -0.1) is 0 Å². The van der Waals surface area contributed by atoms with Crippen LogP contribution in [0.3, 0.4) is 0 Å². The quantitative estimate of drug-likeness (QED) is 0.494. The molecular formula is C20H36N4O2. The molecule has 6 nitrogen and oxygen atoms in total. The molecule has 0 aliphatic heterocycles. The van der Waals surface area contributed by atoms with Crippen LogP contribution < -0.4 is 20.1 Å². The van der Waals surface area contributed by atoms with Gasteiger partial charge in [-0.1, -0.05) is 6.07 Å². The molecule has 0 aromatic heterocycles. The van der Waals surface area contributed by atoms with Crippen molar-refractivity contribution in [3.8, 4) is 11.5 Å². The van der Waals surface area contributed by atoms with E-state index in [1.807, 2.05) is 19.9 Å². The normalized spacial score (nSPS) is 12.2. The molecule has 0 spiro atoms. The van der Waals surface area contributed by atoms with Gasteiger partial charge in [-0.2, -0.15) is 0 Å². The minimum Gasteiger partial charge on any atom is -0.490 e. The summed E-state index contributed by atoms with van der Waals surface area (Å²) in [5.74, 6) is 2.42. The highest BCUT2D eigenvalue weighted by Crippen LogP contribution is 2.28. The Labute approximate surface area is 159 Å². The van der Waals surface area contributed by atoms with E-state index in [2.05, 4.69) is 60.6 Å². The molecule has 6 heteroatoms. The van der Waals surface area contributed by atoms with E-state index < -0.39 is 0 Å². The standard InChI is InChI=1S/C20H36N4O2/c1-8-25-17-11-10-16(14-18(17)26-9-2)12-13-22-19(21-5)23-15-20(3,4)24(6)7/h10-11,14H,8-9,12-13,15H2,1-7H3,(H2,21,22,23). The summed E-state index contributed by atoms with van der Waals surface area (Å²) in [5.41, 5.74) is 1.26. The smallest absolute Gasteiger partial charge is 0.191 e. The van der Waals surface area contributed by atoms with Crippen LogP contribution in [0.2, 0.25) is 0 Å². The molecule has 2 N–H and O–H groups in total. The summed E-state index contributed by atoms with van der Waals surface area (Å²) in [7, 11) is 5.96. The first-order valence-electron chi connectivity index (χ1n) is 9.34. The van der Waals surface area contributed by atoms with Gasteiger partial charge in [0.25, 0.3) is 0 Å². The molecule has 0 bridgehead atoms. The van der Waals surface area contributed by atoms with Crippen molar-refractivity contribution >= 4 is 5.96 Å². The Balaban J connectivity index is 2.56. The molecule has 0 saturated carbocycles. The van der Waals surface area contributed by atoms with Crippen molar-refractivity contribution in [1.29, 1.82) is 0 Å². The lowest BCUT2D eigenvalue weighted by Gasteiger charge is -2.33. The molecule has 0 atom stereocenters. The number of ether oxygens (including phenoxy) is 2. The first-order valence-corrected chi connectivity index (χ1v) is 9.34. The molecule has 1 rings (SSSR count). The number of nitrogens with zero attached hydrogens (tertiary/aromatic N) is 2. The van der Waals surface area contributed by atoms with Crippen molar-refractivity contribution in [2.24, 2.45) is 4.99 Å². The lowest BCUT2D eigenvalue weighted by atomic mass is 10.0. The SMILES string of the molecule is CCOc1ccc(CCNC(=NC)NCC(C)(C)N(C)C)cc1OCC. The summed E-state index contributed by atoms with van der Waals surface area (Å²) in [5, 5.41) is 6.76. The summed E-state index contributed by atoms with van der Waals surface area (Å²) < 4.78 is 11.3. The van der Waals surface area contributed by atoms with E-state index in [-0.39, 0.29) is 5.54 Å². The summed E-state index contributed by atoms with van der Waals surface area (Å²) in [4.78, 5) is 6.50. The summed E-state index contributed by atoms with van der Waals surface area (Å²) >= 11 is 0.